The van der Waals surface area contributed by atoms with E-state index in [9.17, 15) is 9.59 Å². The van der Waals surface area contributed by atoms with Crippen LogP contribution >= 0.6 is 0 Å². The largest absolute Gasteiger partial charge is 0.349 e. The average Bonchev–Trinajstić information content (AvgIpc) is 2.62. The van der Waals surface area contributed by atoms with Gasteiger partial charge in [-0.05, 0) is 29.8 Å². The molecule has 0 radical (unpaired) electrons. The van der Waals surface area contributed by atoms with Gasteiger partial charge in [-0.2, -0.15) is 5.26 Å². The lowest BCUT2D eigenvalue weighted by atomic mass is 10.0. The first-order valence-corrected chi connectivity index (χ1v) is 7.82. The zero-order valence-corrected chi connectivity index (χ0v) is 14.2. The highest BCUT2D eigenvalue weighted by Gasteiger charge is 2.19. The van der Waals surface area contributed by atoms with Crippen LogP contribution in [0.5, 0.6) is 0 Å². The molecule has 0 saturated carbocycles. The van der Waals surface area contributed by atoms with E-state index < -0.39 is 12.1 Å². The van der Waals surface area contributed by atoms with Crippen LogP contribution in [0.4, 0.5) is 10.5 Å². The molecule has 128 valence electrons. The van der Waals surface area contributed by atoms with E-state index in [2.05, 4.69) is 10.6 Å². The molecule has 2 N–H and O–H groups in total. The van der Waals surface area contributed by atoms with Gasteiger partial charge in [0.2, 0.25) is 5.91 Å². The fourth-order valence-corrected chi connectivity index (χ4v) is 2.25. The molecule has 0 aliphatic heterocycles. The Bertz CT molecular complexity index is 764. The molecule has 0 spiro atoms. The van der Waals surface area contributed by atoms with Crippen molar-refractivity contribution in [2.45, 2.75) is 12.5 Å². The number of rotatable bonds is 5. The number of nitrogens with one attached hydrogen (secondary N) is 2. The number of urea groups is 1. The van der Waals surface area contributed by atoms with E-state index in [-0.39, 0.29) is 12.3 Å². The molecule has 6 nitrogen and oxygen atoms in total. The van der Waals surface area contributed by atoms with Gasteiger partial charge in [0, 0.05) is 19.8 Å². The summed E-state index contributed by atoms with van der Waals surface area (Å²) in [6, 6.07) is 17.1. The van der Waals surface area contributed by atoms with Crippen LogP contribution in [-0.4, -0.2) is 30.9 Å². The third kappa shape index (κ3) is 5.36. The number of benzene rings is 2. The normalized spacial score (nSPS) is 11.1. The maximum absolute atomic E-state index is 12.3. The van der Waals surface area contributed by atoms with Crippen molar-refractivity contribution in [1.82, 2.24) is 10.2 Å². The van der Waals surface area contributed by atoms with Gasteiger partial charge < -0.3 is 15.5 Å². The summed E-state index contributed by atoms with van der Waals surface area (Å²) in [4.78, 5) is 25.8. The van der Waals surface area contributed by atoms with Gasteiger partial charge in [0.15, 0.2) is 0 Å². The molecular formula is C19H20N4O2. The van der Waals surface area contributed by atoms with E-state index in [1.807, 2.05) is 36.4 Å². The van der Waals surface area contributed by atoms with E-state index in [1.54, 1.807) is 38.4 Å². The summed E-state index contributed by atoms with van der Waals surface area (Å²) in [6.45, 7) is 0. The van der Waals surface area contributed by atoms with E-state index in [0.29, 0.717) is 11.3 Å². The molecule has 0 heterocycles. The Morgan fingerprint density at radius 2 is 1.72 bits per heavy atom. The zero-order valence-electron chi connectivity index (χ0n) is 14.2. The number of hydrogen-bond donors (Lipinski definition) is 2. The first-order chi connectivity index (χ1) is 12.0. The molecule has 2 aromatic carbocycles. The van der Waals surface area contributed by atoms with Crippen LogP contribution in [0, 0.1) is 11.3 Å². The van der Waals surface area contributed by atoms with Gasteiger partial charge in [0.25, 0.3) is 0 Å². The van der Waals surface area contributed by atoms with Crippen LogP contribution in [0.1, 0.15) is 23.6 Å². The summed E-state index contributed by atoms with van der Waals surface area (Å²) >= 11 is 0. The second kappa shape index (κ2) is 8.50. The van der Waals surface area contributed by atoms with Crippen molar-refractivity contribution in [3.05, 3.63) is 65.7 Å². The van der Waals surface area contributed by atoms with Crippen LogP contribution in [0.3, 0.4) is 0 Å². The highest BCUT2D eigenvalue weighted by atomic mass is 16.2. The van der Waals surface area contributed by atoms with Gasteiger partial charge in [0.1, 0.15) is 0 Å². The summed E-state index contributed by atoms with van der Waals surface area (Å²) in [5.74, 6) is -0.0764. The molecule has 2 aromatic rings. The molecule has 1 atom stereocenters. The fraction of sp³-hybridized carbons (Fsp3) is 0.211. The Balaban J connectivity index is 2.08. The molecule has 0 bridgehead atoms. The third-order valence-electron chi connectivity index (χ3n) is 3.66. The fourth-order valence-electron chi connectivity index (χ4n) is 2.25. The first kappa shape index (κ1) is 18.0. The first-order valence-electron chi connectivity index (χ1n) is 7.82. The number of anilines is 1. The molecule has 25 heavy (non-hydrogen) atoms. The monoisotopic (exact) mass is 336 g/mol. The second-order valence-electron chi connectivity index (χ2n) is 5.74. The number of nitriles is 1. The van der Waals surface area contributed by atoms with Gasteiger partial charge in [-0.15, -0.1) is 0 Å². The maximum atomic E-state index is 12.3. The third-order valence-corrected chi connectivity index (χ3v) is 3.66. The Kier molecular flexibility index (Phi) is 6.13. The van der Waals surface area contributed by atoms with E-state index in [4.69, 9.17) is 5.26 Å². The van der Waals surface area contributed by atoms with Gasteiger partial charge in [-0.3, -0.25) is 4.79 Å². The molecule has 0 fully saturated rings. The van der Waals surface area contributed by atoms with Gasteiger partial charge >= 0.3 is 6.03 Å². The van der Waals surface area contributed by atoms with Crippen LogP contribution < -0.4 is 10.6 Å². The topological polar surface area (TPSA) is 85.2 Å². The molecule has 6 heteroatoms. The second-order valence-corrected chi connectivity index (χ2v) is 5.74. The maximum Gasteiger partial charge on any atom is 0.319 e. The molecule has 3 amide bonds. The van der Waals surface area contributed by atoms with Gasteiger partial charge in [-0.25, -0.2) is 4.79 Å². The van der Waals surface area contributed by atoms with E-state index >= 15 is 0 Å². The Labute approximate surface area is 147 Å². The average molecular weight is 336 g/mol. The number of carbonyl (C=O) groups is 2. The summed E-state index contributed by atoms with van der Waals surface area (Å²) in [6.07, 6.45) is 0.164. The number of hydrogen-bond acceptors (Lipinski definition) is 3. The van der Waals surface area contributed by atoms with Crippen molar-refractivity contribution >= 4 is 17.6 Å². The summed E-state index contributed by atoms with van der Waals surface area (Å²) < 4.78 is 0. The highest BCUT2D eigenvalue weighted by Crippen LogP contribution is 2.18. The number of carbonyl (C=O) groups excluding carboxylic acids is 2. The van der Waals surface area contributed by atoms with Crippen molar-refractivity contribution < 1.29 is 9.59 Å². The summed E-state index contributed by atoms with van der Waals surface area (Å²) in [5.41, 5.74) is 1.94. The van der Waals surface area contributed by atoms with Gasteiger partial charge in [0.05, 0.1) is 24.1 Å². The minimum Gasteiger partial charge on any atom is -0.349 e. The molecule has 0 aliphatic rings. The lowest BCUT2D eigenvalue weighted by molar-refractivity contribution is -0.129. The molecule has 0 aliphatic carbocycles. The lowest BCUT2D eigenvalue weighted by Gasteiger charge is -2.21. The highest BCUT2D eigenvalue weighted by molar-refractivity contribution is 5.90. The lowest BCUT2D eigenvalue weighted by Crippen LogP contribution is -2.36. The van der Waals surface area contributed by atoms with Crippen molar-refractivity contribution in [1.29, 1.82) is 5.26 Å². The van der Waals surface area contributed by atoms with E-state index in [0.717, 1.165) is 5.56 Å². The van der Waals surface area contributed by atoms with Crippen LogP contribution in [0.2, 0.25) is 0 Å². The predicted octanol–water partition coefficient (Wildman–Crippen LogP) is 2.90. The summed E-state index contributed by atoms with van der Waals surface area (Å²) in [5, 5.41) is 14.3. The minimum absolute atomic E-state index is 0.0764. The van der Waals surface area contributed by atoms with Crippen molar-refractivity contribution in [3.63, 3.8) is 0 Å². The number of nitrogens with zero attached hydrogens (tertiary/aromatic N) is 2. The zero-order chi connectivity index (χ0) is 18.2. The Morgan fingerprint density at radius 1 is 1.08 bits per heavy atom. The predicted molar refractivity (Wildman–Crippen MR) is 95.8 cm³/mol. The molecule has 2 rings (SSSR count). The SMILES string of the molecule is CN(C)C(=O)CC(NC(=O)Nc1ccc(C#N)cc1)c1ccccc1. The molecule has 1 unspecified atom stereocenters. The molecule has 0 saturated heterocycles. The van der Waals surface area contributed by atoms with E-state index in [1.165, 1.54) is 4.90 Å². The van der Waals surface area contributed by atoms with Gasteiger partial charge in [-0.1, -0.05) is 30.3 Å². The molecular weight excluding hydrogens is 316 g/mol. The van der Waals surface area contributed by atoms with Crippen LogP contribution in [-0.2, 0) is 4.79 Å². The standard InChI is InChI=1S/C19H20N4O2/c1-23(2)18(24)12-17(15-6-4-3-5-7-15)22-19(25)21-16-10-8-14(13-20)9-11-16/h3-11,17H,12H2,1-2H3,(H2,21,22,25). The molecule has 0 aromatic heterocycles. The van der Waals surface area contributed by atoms with Crippen molar-refractivity contribution in [2.24, 2.45) is 0 Å². The minimum atomic E-state index is -0.436. The van der Waals surface area contributed by atoms with Crippen molar-refractivity contribution in [2.75, 3.05) is 19.4 Å². The Morgan fingerprint density at radius 3 is 2.28 bits per heavy atom. The van der Waals surface area contributed by atoms with Crippen LogP contribution in [0.25, 0.3) is 0 Å². The Hall–Kier alpha value is -3.33. The van der Waals surface area contributed by atoms with Crippen LogP contribution in [0.15, 0.2) is 54.6 Å². The van der Waals surface area contributed by atoms with Crippen molar-refractivity contribution in [3.8, 4) is 6.07 Å². The number of amides is 3. The smallest absolute Gasteiger partial charge is 0.319 e. The quantitative estimate of drug-likeness (QED) is 0.880. The summed E-state index contributed by atoms with van der Waals surface area (Å²) in [7, 11) is 3.36.